The van der Waals surface area contributed by atoms with E-state index in [-0.39, 0.29) is 18.0 Å². The molecule has 1 aliphatic rings. The van der Waals surface area contributed by atoms with E-state index < -0.39 is 16.9 Å². The van der Waals surface area contributed by atoms with Crippen molar-refractivity contribution in [2.75, 3.05) is 31.5 Å². The molecule has 0 aliphatic carbocycles. The highest BCUT2D eigenvalue weighted by molar-refractivity contribution is 6.32. The van der Waals surface area contributed by atoms with Crippen molar-refractivity contribution >= 4 is 45.9 Å². The third-order valence-corrected chi connectivity index (χ3v) is 6.89. The fourth-order valence-electron chi connectivity index (χ4n) is 4.85. The number of fused-ring (bicyclic) bond motifs is 3. The van der Waals surface area contributed by atoms with Crippen LogP contribution in [0.4, 0.5) is 17.3 Å². The molecule has 12 heteroatoms. The van der Waals surface area contributed by atoms with Crippen LogP contribution in [0.3, 0.4) is 0 Å². The molecule has 2 N–H and O–H groups in total. The lowest BCUT2D eigenvalue weighted by atomic mass is 9.93. The minimum atomic E-state index is -0.766. The molecule has 3 aromatic carbocycles. The highest BCUT2D eigenvalue weighted by Gasteiger charge is 2.35. The number of carbonyl (C=O) groups is 1. The fourth-order valence-corrected chi connectivity index (χ4v) is 5.08. The van der Waals surface area contributed by atoms with Crippen molar-refractivity contribution in [3.05, 3.63) is 86.6 Å². The van der Waals surface area contributed by atoms with Crippen LogP contribution in [0.2, 0.25) is 5.02 Å². The summed E-state index contributed by atoms with van der Waals surface area (Å²) in [6.07, 6.45) is 0. The van der Waals surface area contributed by atoms with Gasteiger partial charge in [-0.1, -0.05) is 29.8 Å². The van der Waals surface area contributed by atoms with E-state index in [0.717, 1.165) is 5.52 Å². The van der Waals surface area contributed by atoms with Gasteiger partial charge in [0.15, 0.2) is 5.75 Å². The summed E-state index contributed by atoms with van der Waals surface area (Å²) in [5.74, 6) is 0.876. The van der Waals surface area contributed by atoms with E-state index in [1.165, 1.54) is 20.3 Å². The smallest absolute Gasteiger partial charge is 0.311 e. The number of para-hydroxylation sites is 2. The molecule has 0 unspecified atom stereocenters. The van der Waals surface area contributed by atoms with Crippen molar-refractivity contribution in [1.29, 1.82) is 0 Å². The van der Waals surface area contributed by atoms with Crippen LogP contribution in [-0.4, -0.2) is 41.2 Å². The van der Waals surface area contributed by atoms with Crippen LogP contribution in [0, 0.1) is 10.1 Å². The molecule has 1 aliphatic heterocycles. The zero-order valence-electron chi connectivity index (χ0n) is 22.1. The van der Waals surface area contributed by atoms with Gasteiger partial charge in [0.1, 0.15) is 11.5 Å². The number of carbonyl (C=O) groups excluding carboxylic acids is 1. The molecule has 1 amide bonds. The Balaban J connectivity index is 1.68. The lowest BCUT2D eigenvalue weighted by Crippen LogP contribution is -2.31. The predicted molar refractivity (Wildman–Crippen MR) is 152 cm³/mol. The molecule has 0 radical (unpaired) electrons. The van der Waals surface area contributed by atoms with E-state index in [2.05, 4.69) is 10.6 Å². The summed E-state index contributed by atoms with van der Waals surface area (Å²) in [5, 5.41) is 18.4. The number of allylic oxidation sites excluding steroid dienone is 1. The Kier molecular flexibility index (Phi) is 7.22. The minimum absolute atomic E-state index is 0.144. The minimum Gasteiger partial charge on any atom is -0.495 e. The second kappa shape index (κ2) is 10.8. The van der Waals surface area contributed by atoms with Gasteiger partial charge in [0.25, 0.3) is 5.91 Å². The number of nitro groups is 1. The molecule has 4 aromatic rings. The molecular formula is C28H26ClN5O6. The van der Waals surface area contributed by atoms with Crippen LogP contribution >= 0.6 is 11.6 Å². The maximum Gasteiger partial charge on any atom is 0.311 e. The summed E-state index contributed by atoms with van der Waals surface area (Å²) in [6.45, 7) is 3.78. The first-order valence-corrected chi connectivity index (χ1v) is 12.7. The van der Waals surface area contributed by atoms with Gasteiger partial charge < -0.3 is 24.8 Å². The van der Waals surface area contributed by atoms with Crippen LogP contribution in [0.5, 0.6) is 17.2 Å². The topological polar surface area (TPSA) is 130 Å². The van der Waals surface area contributed by atoms with Crippen molar-refractivity contribution in [2.24, 2.45) is 0 Å². The van der Waals surface area contributed by atoms with E-state index in [0.29, 0.717) is 50.5 Å². The maximum absolute atomic E-state index is 14.0. The van der Waals surface area contributed by atoms with Gasteiger partial charge in [0.2, 0.25) is 5.95 Å². The van der Waals surface area contributed by atoms with Gasteiger partial charge in [-0.25, -0.2) is 4.98 Å². The molecule has 0 saturated carbocycles. The zero-order chi connectivity index (χ0) is 28.6. The largest absolute Gasteiger partial charge is 0.495 e. The average molecular weight is 564 g/mol. The number of nitrogens with one attached hydrogen (secondary N) is 2. The summed E-state index contributed by atoms with van der Waals surface area (Å²) in [7, 11) is 2.93. The Hall–Kier alpha value is -4.77. The van der Waals surface area contributed by atoms with Crippen LogP contribution in [0.1, 0.15) is 25.5 Å². The second-order valence-electron chi connectivity index (χ2n) is 8.92. The predicted octanol–water partition coefficient (Wildman–Crippen LogP) is 5.94. The van der Waals surface area contributed by atoms with Crippen LogP contribution in [0.25, 0.3) is 11.0 Å². The van der Waals surface area contributed by atoms with E-state index in [4.69, 9.17) is 30.8 Å². The molecule has 40 heavy (non-hydrogen) atoms. The number of benzene rings is 3. The number of methoxy groups -OCH3 is 2. The summed E-state index contributed by atoms with van der Waals surface area (Å²) < 4.78 is 18.1. The van der Waals surface area contributed by atoms with Crippen molar-refractivity contribution in [1.82, 2.24) is 9.55 Å². The number of ether oxygens (including phenoxy) is 3. The SMILES string of the molecule is CCOc1ccc([C@H]2C(C(=O)Nc3cc(OC)c(Cl)cc3OC)=C(C)Nc3nc4ccccc4n32)cc1[N+](=O)[O-]. The number of nitrogens with zero attached hydrogens (tertiary/aromatic N) is 3. The number of amides is 1. The summed E-state index contributed by atoms with van der Waals surface area (Å²) in [5.41, 5.74) is 2.94. The van der Waals surface area contributed by atoms with Crippen molar-refractivity contribution in [3.8, 4) is 17.2 Å². The maximum atomic E-state index is 14.0. The highest BCUT2D eigenvalue weighted by atomic mass is 35.5. The van der Waals surface area contributed by atoms with Crippen molar-refractivity contribution in [3.63, 3.8) is 0 Å². The van der Waals surface area contributed by atoms with E-state index in [1.807, 2.05) is 28.8 Å². The normalized spacial score (nSPS) is 14.4. The van der Waals surface area contributed by atoms with E-state index >= 15 is 0 Å². The van der Waals surface area contributed by atoms with Gasteiger partial charge in [-0.05, 0) is 37.6 Å². The average Bonchev–Trinajstić information content (AvgIpc) is 3.31. The third kappa shape index (κ3) is 4.64. The Labute approximate surface area is 234 Å². The second-order valence-corrected chi connectivity index (χ2v) is 9.33. The number of nitro benzene ring substituents is 1. The van der Waals surface area contributed by atoms with Gasteiger partial charge in [0.05, 0.1) is 59.1 Å². The fraction of sp³-hybridized carbons (Fsp3) is 0.214. The van der Waals surface area contributed by atoms with Gasteiger partial charge in [-0.2, -0.15) is 0 Å². The van der Waals surface area contributed by atoms with Crippen LogP contribution in [0.15, 0.2) is 65.9 Å². The first-order valence-electron chi connectivity index (χ1n) is 12.4. The molecule has 206 valence electrons. The number of aromatic nitrogens is 2. The third-order valence-electron chi connectivity index (χ3n) is 6.59. The molecule has 2 heterocycles. The monoisotopic (exact) mass is 563 g/mol. The van der Waals surface area contributed by atoms with Crippen LogP contribution < -0.4 is 24.8 Å². The van der Waals surface area contributed by atoms with Gasteiger partial charge in [-0.3, -0.25) is 19.5 Å². The number of imidazole rings is 1. The molecule has 1 atom stereocenters. The molecule has 0 fully saturated rings. The first kappa shape index (κ1) is 26.8. The first-order chi connectivity index (χ1) is 19.3. The standard InChI is InChI=1S/C28H26ClN5O6/c1-5-40-22-11-10-16(12-21(22)34(36)37)26-25(15(2)30-28-32-18-8-6-7-9-20(18)33(26)28)27(35)31-19-14-23(38-3)17(29)13-24(19)39-4/h6-14,26H,5H2,1-4H3,(H,30,32)(H,31,35)/t26-/m0/s1. The molecule has 11 nitrogen and oxygen atoms in total. The molecular weight excluding hydrogens is 538 g/mol. The molecule has 0 saturated heterocycles. The van der Waals surface area contributed by atoms with Crippen LogP contribution in [-0.2, 0) is 4.79 Å². The number of rotatable bonds is 8. The number of halogens is 1. The number of hydrogen-bond acceptors (Lipinski definition) is 8. The lowest BCUT2D eigenvalue weighted by Gasteiger charge is -2.31. The van der Waals surface area contributed by atoms with Gasteiger partial charge >= 0.3 is 5.69 Å². The Morgan fingerprint density at radius 1 is 1.12 bits per heavy atom. The molecule has 1 aromatic heterocycles. The van der Waals surface area contributed by atoms with E-state index in [1.54, 1.807) is 38.1 Å². The van der Waals surface area contributed by atoms with Gasteiger partial charge in [0, 0.05) is 23.9 Å². The Bertz CT molecular complexity index is 1680. The summed E-state index contributed by atoms with van der Waals surface area (Å²) >= 11 is 6.25. The summed E-state index contributed by atoms with van der Waals surface area (Å²) in [6, 6.07) is 14.5. The van der Waals surface area contributed by atoms with E-state index in [9.17, 15) is 14.9 Å². The Morgan fingerprint density at radius 3 is 2.58 bits per heavy atom. The molecule has 0 bridgehead atoms. The lowest BCUT2D eigenvalue weighted by molar-refractivity contribution is -0.385. The van der Waals surface area contributed by atoms with Crippen molar-refractivity contribution < 1.29 is 23.9 Å². The molecule has 0 spiro atoms. The molecule has 5 rings (SSSR count). The Morgan fingerprint density at radius 2 is 1.88 bits per heavy atom. The highest BCUT2D eigenvalue weighted by Crippen LogP contribution is 2.43. The van der Waals surface area contributed by atoms with Crippen molar-refractivity contribution in [2.45, 2.75) is 19.9 Å². The number of hydrogen-bond donors (Lipinski definition) is 2. The zero-order valence-corrected chi connectivity index (χ0v) is 22.9. The quantitative estimate of drug-likeness (QED) is 0.199. The summed E-state index contributed by atoms with van der Waals surface area (Å²) in [4.78, 5) is 30.2. The number of anilines is 2. The van der Waals surface area contributed by atoms with Gasteiger partial charge in [-0.15, -0.1) is 0 Å².